The number of hydrogen-bond acceptors (Lipinski definition) is 6. The van der Waals surface area contributed by atoms with E-state index in [2.05, 4.69) is 23.8 Å². The van der Waals surface area contributed by atoms with Gasteiger partial charge in [0.1, 0.15) is 23.0 Å². The van der Waals surface area contributed by atoms with Crippen molar-refractivity contribution in [2.45, 2.75) is 271 Å². The van der Waals surface area contributed by atoms with Gasteiger partial charge in [-0.1, -0.05) is 245 Å². The molecule has 0 saturated heterocycles. The van der Waals surface area contributed by atoms with E-state index in [-0.39, 0.29) is 11.5 Å². The van der Waals surface area contributed by atoms with E-state index in [9.17, 15) is 10.2 Å². The third-order valence-corrected chi connectivity index (χ3v) is 13.3. The fourth-order valence-electron chi connectivity index (χ4n) is 8.92. The van der Waals surface area contributed by atoms with E-state index < -0.39 is 0 Å². The first-order valence-corrected chi connectivity index (χ1v) is 28.5. The van der Waals surface area contributed by atoms with Crippen molar-refractivity contribution in [3.8, 4) is 23.0 Å². The van der Waals surface area contributed by atoms with Crippen LogP contribution in [0.25, 0.3) is 0 Å². The summed E-state index contributed by atoms with van der Waals surface area (Å²) in [6.45, 7) is 7.57. The number of hydrogen-bond donors (Lipinski definition) is 2. The number of aromatic hydroxyl groups is 2. The fourth-order valence-corrected chi connectivity index (χ4v) is 8.92. The lowest BCUT2D eigenvalue weighted by Crippen LogP contribution is -1.98. The zero-order chi connectivity index (χ0) is 47.1. The minimum atomic E-state index is 0.238. The molecular weight excluding hydrogens is 813 g/mol. The molecule has 0 fully saturated rings. The minimum Gasteiger partial charge on any atom is -0.507 e. The molecule has 0 aliphatic heterocycles. The molecule has 0 spiro atoms. The van der Waals surface area contributed by atoms with Crippen LogP contribution in [0.5, 0.6) is 23.0 Å². The van der Waals surface area contributed by atoms with Crippen LogP contribution < -0.4 is 9.47 Å². The van der Waals surface area contributed by atoms with Gasteiger partial charge in [0.15, 0.2) is 0 Å². The number of aliphatic imine (C=N–C) groups is 2. The molecule has 2 aromatic rings. The van der Waals surface area contributed by atoms with Crippen molar-refractivity contribution in [3.05, 3.63) is 47.5 Å². The number of ether oxygens (including phenoxy) is 2. The predicted octanol–water partition coefficient (Wildman–Crippen LogP) is 19.0. The Labute approximate surface area is 408 Å². The number of phenolic OH excluding ortho intramolecular Hbond substituents is 2. The van der Waals surface area contributed by atoms with Gasteiger partial charge in [-0.25, -0.2) is 0 Å². The second-order valence-corrected chi connectivity index (χ2v) is 19.6. The van der Waals surface area contributed by atoms with Crippen LogP contribution in [-0.2, 0) is 0 Å². The molecule has 6 nitrogen and oxygen atoms in total. The molecule has 2 aromatic carbocycles. The van der Waals surface area contributed by atoms with Gasteiger partial charge in [0.05, 0.1) is 13.2 Å². The molecule has 0 radical (unpaired) electrons. The lowest BCUT2D eigenvalue weighted by Gasteiger charge is -2.08. The highest BCUT2D eigenvalue weighted by Crippen LogP contribution is 2.25. The van der Waals surface area contributed by atoms with E-state index in [4.69, 9.17) is 9.47 Å². The van der Waals surface area contributed by atoms with Gasteiger partial charge in [-0.15, -0.1) is 0 Å². The van der Waals surface area contributed by atoms with E-state index in [0.717, 1.165) is 61.4 Å². The van der Waals surface area contributed by atoms with Gasteiger partial charge in [0, 0.05) is 48.8 Å². The molecule has 6 heteroatoms. The van der Waals surface area contributed by atoms with Crippen molar-refractivity contribution in [2.24, 2.45) is 9.98 Å². The first kappa shape index (κ1) is 59.1. The zero-order valence-electron chi connectivity index (χ0n) is 43.3. The Morgan fingerprint density at radius 2 is 0.576 bits per heavy atom. The summed E-state index contributed by atoms with van der Waals surface area (Å²) in [5, 5.41) is 21.0. The number of nitrogens with zero attached hydrogens (tertiary/aromatic N) is 2. The number of rotatable bonds is 49. The van der Waals surface area contributed by atoms with Gasteiger partial charge in [-0.2, -0.15) is 0 Å². The molecule has 2 N–H and O–H groups in total. The summed E-state index contributed by atoms with van der Waals surface area (Å²) in [7, 11) is 0. The molecule has 66 heavy (non-hydrogen) atoms. The van der Waals surface area contributed by atoms with Crippen LogP contribution in [0.4, 0.5) is 0 Å². The summed E-state index contributed by atoms with van der Waals surface area (Å²) in [6.07, 6.45) is 56.8. The Morgan fingerprint density at radius 3 is 0.833 bits per heavy atom. The molecule has 0 unspecified atom stereocenters. The first-order chi connectivity index (χ1) is 32.6. The van der Waals surface area contributed by atoms with Gasteiger partial charge < -0.3 is 19.7 Å². The van der Waals surface area contributed by atoms with Crippen molar-refractivity contribution < 1.29 is 19.7 Å². The fraction of sp³-hybridized carbons (Fsp3) is 0.767. The summed E-state index contributed by atoms with van der Waals surface area (Å²) in [5.41, 5.74) is 1.51. The largest absolute Gasteiger partial charge is 0.507 e. The van der Waals surface area contributed by atoms with Crippen LogP contribution in [0.15, 0.2) is 46.4 Å². The molecule has 0 amide bonds. The maximum atomic E-state index is 10.5. The molecule has 2 rings (SSSR count). The molecule has 0 bridgehead atoms. The smallest absolute Gasteiger partial charge is 0.128 e. The minimum absolute atomic E-state index is 0.238. The monoisotopic (exact) mass is 917 g/mol. The SMILES string of the molecule is CCCCCCCCCCCCCCCCCCOc1ccc(C=NCCCCCCCCCCN=Cc2ccc(OCCCCCCCCCCCCCCCCCC)cc2O)c(O)c1. The molecule has 0 aliphatic carbocycles. The second-order valence-electron chi connectivity index (χ2n) is 19.6. The average molecular weight is 918 g/mol. The molecular formula is C60H104N2O4. The van der Waals surface area contributed by atoms with Crippen molar-refractivity contribution in [3.63, 3.8) is 0 Å². The third-order valence-electron chi connectivity index (χ3n) is 13.3. The van der Waals surface area contributed by atoms with E-state index in [1.165, 1.54) is 231 Å². The van der Waals surface area contributed by atoms with Crippen LogP contribution in [0.2, 0.25) is 0 Å². The van der Waals surface area contributed by atoms with E-state index in [1.54, 1.807) is 24.6 Å². The molecule has 0 aliphatic rings. The van der Waals surface area contributed by atoms with Crippen molar-refractivity contribution in [1.82, 2.24) is 0 Å². The summed E-state index contributed by atoms with van der Waals surface area (Å²) >= 11 is 0. The Morgan fingerprint density at radius 1 is 0.333 bits per heavy atom. The van der Waals surface area contributed by atoms with Crippen LogP contribution in [0, 0.1) is 0 Å². The van der Waals surface area contributed by atoms with Crippen LogP contribution in [0.1, 0.15) is 282 Å². The molecule has 0 aromatic heterocycles. The summed E-state index contributed by atoms with van der Waals surface area (Å²) in [4.78, 5) is 9.14. The predicted molar refractivity (Wildman–Crippen MR) is 288 cm³/mol. The van der Waals surface area contributed by atoms with Crippen molar-refractivity contribution in [2.75, 3.05) is 26.3 Å². The summed E-state index contributed by atoms with van der Waals surface area (Å²) in [5.74, 6) is 1.95. The van der Waals surface area contributed by atoms with E-state index in [0.29, 0.717) is 13.2 Å². The summed E-state index contributed by atoms with van der Waals surface area (Å²) in [6, 6.07) is 11.2. The molecule has 0 heterocycles. The Hall–Kier alpha value is -3.02. The normalized spacial score (nSPS) is 11.7. The maximum Gasteiger partial charge on any atom is 0.128 e. The first-order valence-electron chi connectivity index (χ1n) is 28.5. The van der Waals surface area contributed by atoms with Crippen LogP contribution in [0.3, 0.4) is 0 Å². The second kappa shape index (κ2) is 45.7. The standard InChI is InChI=1S/C60H104N2O4/c1-3-5-7-9-11-13-15-17-19-21-23-25-29-33-37-41-49-65-57-45-43-55(59(63)51-57)53-61-47-39-35-31-27-28-32-36-40-48-62-54-56-44-46-58(52-60(56)64)66-50-42-38-34-30-26-24-22-20-18-16-14-12-10-8-6-4-2/h43-46,51-54,63-64H,3-42,47-50H2,1-2H3. The van der Waals surface area contributed by atoms with Gasteiger partial charge >= 0.3 is 0 Å². The third kappa shape index (κ3) is 36.1. The maximum absolute atomic E-state index is 10.5. The topological polar surface area (TPSA) is 83.6 Å². The van der Waals surface area contributed by atoms with Gasteiger partial charge in [-0.05, 0) is 49.9 Å². The van der Waals surface area contributed by atoms with Crippen LogP contribution >= 0.6 is 0 Å². The summed E-state index contributed by atoms with van der Waals surface area (Å²) < 4.78 is 11.8. The highest BCUT2D eigenvalue weighted by molar-refractivity contribution is 5.84. The highest BCUT2D eigenvalue weighted by Gasteiger charge is 2.04. The average Bonchev–Trinajstić information content (AvgIpc) is 3.32. The van der Waals surface area contributed by atoms with Gasteiger partial charge in [0.25, 0.3) is 0 Å². The lowest BCUT2D eigenvalue weighted by molar-refractivity contribution is 0.302. The molecule has 378 valence electrons. The van der Waals surface area contributed by atoms with Gasteiger partial charge in [0.2, 0.25) is 0 Å². The molecule has 0 saturated carbocycles. The van der Waals surface area contributed by atoms with Crippen molar-refractivity contribution >= 4 is 12.4 Å². The molecule has 0 atom stereocenters. The quantitative estimate of drug-likeness (QED) is 0.0512. The van der Waals surface area contributed by atoms with E-state index in [1.807, 2.05) is 24.3 Å². The number of unbranched alkanes of at least 4 members (excludes halogenated alkanes) is 37. The van der Waals surface area contributed by atoms with Crippen LogP contribution in [-0.4, -0.2) is 48.9 Å². The lowest BCUT2D eigenvalue weighted by atomic mass is 10.0. The number of benzene rings is 2. The van der Waals surface area contributed by atoms with Crippen molar-refractivity contribution in [1.29, 1.82) is 0 Å². The Balaban J connectivity index is 1.35. The highest BCUT2D eigenvalue weighted by atomic mass is 16.5. The van der Waals surface area contributed by atoms with E-state index >= 15 is 0 Å². The van der Waals surface area contributed by atoms with Gasteiger partial charge in [-0.3, -0.25) is 9.98 Å². The Kier molecular flexibility index (Phi) is 41.0. The zero-order valence-corrected chi connectivity index (χ0v) is 43.3. The Bertz CT molecular complexity index is 1300. The number of phenols is 2.